The van der Waals surface area contributed by atoms with E-state index in [9.17, 15) is 10.2 Å². The first-order valence-electron chi connectivity index (χ1n) is 5.67. The molecule has 1 aromatic rings. The molecule has 0 aromatic heterocycles. The Labute approximate surface area is 91.6 Å². The molecular formula is C13H20O2. The second kappa shape index (κ2) is 5.64. The Kier molecular flexibility index (Phi) is 4.47. The average molecular weight is 208 g/mol. The van der Waals surface area contributed by atoms with Crippen molar-refractivity contribution in [1.82, 2.24) is 0 Å². The first-order valence-corrected chi connectivity index (χ1v) is 5.67. The number of rotatable bonds is 5. The van der Waals surface area contributed by atoms with Crippen LogP contribution in [0.15, 0.2) is 12.1 Å². The van der Waals surface area contributed by atoms with Gasteiger partial charge in [-0.25, -0.2) is 0 Å². The summed E-state index contributed by atoms with van der Waals surface area (Å²) in [4.78, 5) is 0. The zero-order valence-corrected chi connectivity index (χ0v) is 9.58. The maximum absolute atomic E-state index is 9.77. The smallest absolute Gasteiger partial charge is 0.125 e. The van der Waals surface area contributed by atoms with Gasteiger partial charge in [-0.15, -0.1) is 0 Å². The molecule has 15 heavy (non-hydrogen) atoms. The third-order valence-electron chi connectivity index (χ3n) is 2.74. The van der Waals surface area contributed by atoms with Crippen LogP contribution in [0.1, 0.15) is 43.7 Å². The molecule has 0 aliphatic carbocycles. The number of phenolic OH excluding ortho intramolecular Hbond substituents is 2. The van der Waals surface area contributed by atoms with Crippen molar-refractivity contribution in [2.24, 2.45) is 0 Å². The summed E-state index contributed by atoms with van der Waals surface area (Å²) in [6.45, 7) is 4.02. The summed E-state index contributed by atoms with van der Waals surface area (Å²) in [5.41, 5.74) is 1.53. The molecular weight excluding hydrogens is 188 g/mol. The summed E-state index contributed by atoms with van der Waals surface area (Å²) >= 11 is 0. The van der Waals surface area contributed by atoms with E-state index in [-0.39, 0.29) is 11.5 Å². The summed E-state index contributed by atoms with van der Waals surface area (Å²) in [5.74, 6) is 0.473. The van der Waals surface area contributed by atoms with Crippen LogP contribution in [0, 0.1) is 6.92 Å². The Morgan fingerprint density at radius 2 is 1.80 bits per heavy atom. The quantitative estimate of drug-likeness (QED) is 0.727. The molecule has 84 valence electrons. The number of hydrogen-bond acceptors (Lipinski definition) is 2. The lowest BCUT2D eigenvalue weighted by Gasteiger charge is -2.09. The predicted molar refractivity (Wildman–Crippen MR) is 62.4 cm³/mol. The topological polar surface area (TPSA) is 40.5 Å². The highest BCUT2D eigenvalue weighted by Gasteiger charge is 2.08. The van der Waals surface area contributed by atoms with Crippen LogP contribution in [0.4, 0.5) is 0 Å². The highest BCUT2D eigenvalue weighted by molar-refractivity contribution is 5.47. The molecule has 2 N–H and O–H groups in total. The Morgan fingerprint density at radius 3 is 2.47 bits per heavy atom. The van der Waals surface area contributed by atoms with Gasteiger partial charge in [0.1, 0.15) is 11.5 Å². The van der Waals surface area contributed by atoms with Crippen molar-refractivity contribution in [3.05, 3.63) is 23.3 Å². The van der Waals surface area contributed by atoms with E-state index in [0.717, 1.165) is 24.8 Å². The minimum absolute atomic E-state index is 0.217. The van der Waals surface area contributed by atoms with Gasteiger partial charge in [-0.2, -0.15) is 0 Å². The molecule has 2 heteroatoms. The molecule has 1 rings (SSSR count). The van der Waals surface area contributed by atoms with E-state index < -0.39 is 0 Å². The van der Waals surface area contributed by atoms with E-state index in [2.05, 4.69) is 6.92 Å². The number of aryl methyl sites for hydroxylation is 1. The lowest BCUT2D eigenvalue weighted by atomic mass is 10.0. The van der Waals surface area contributed by atoms with Crippen LogP contribution in [0.3, 0.4) is 0 Å². The third kappa shape index (κ3) is 3.15. The van der Waals surface area contributed by atoms with Crippen LogP contribution >= 0.6 is 0 Å². The lowest BCUT2D eigenvalue weighted by molar-refractivity contribution is 0.433. The van der Waals surface area contributed by atoms with E-state index in [1.54, 1.807) is 12.1 Å². The van der Waals surface area contributed by atoms with Gasteiger partial charge >= 0.3 is 0 Å². The van der Waals surface area contributed by atoms with Crippen LogP contribution in [0.25, 0.3) is 0 Å². The normalized spacial score (nSPS) is 10.5. The van der Waals surface area contributed by atoms with Crippen LogP contribution < -0.4 is 0 Å². The number of benzene rings is 1. The molecule has 0 atom stereocenters. The zero-order valence-electron chi connectivity index (χ0n) is 9.58. The Morgan fingerprint density at radius 1 is 1.07 bits per heavy atom. The standard InChI is InChI=1S/C13H20O2/c1-3-4-5-6-7-11-12(14)9-8-10(2)13(11)15/h8-9,14-15H,3-7H2,1-2H3. The molecule has 0 spiro atoms. The molecule has 2 nitrogen and oxygen atoms in total. The van der Waals surface area contributed by atoms with Crippen molar-refractivity contribution in [2.45, 2.75) is 46.0 Å². The van der Waals surface area contributed by atoms with Gasteiger partial charge in [0.2, 0.25) is 0 Å². The Bertz CT molecular complexity index is 319. The van der Waals surface area contributed by atoms with E-state index in [4.69, 9.17) is 0 Å². The highest BCUT2D eigenvalue weighted by atomic mass is 16.3. The second-order valence-electron chi connectivity index (χ2n) is 4.04. The van der Waals surface area contributed by atoms with Gasteiger partial charge in [-0.3, -0.25) is 0 Å². The first-order chi connectivity index (χ1) is 7.16. The summed E-state index contributed by atoms with van der Waals surface area (Å²) < 4.78 is 0. The van der Waals surface area contributed by atoms with Crippen molar-refractivity contribution in [2.75, 3.05) is 0 Å². The number of aromatic hydroxyl groups is 2. The van der Waals surface area contributed by atoms with Crippen LogP contribution in [-0.2, 0) is 6.42 Å². The molecule has 0 fully saturated rings. The summed E-state index contributed by atoms with van der Waals surface area (Å²) in [7, 11) is 0. The summed E-state index contributed by atoms with van der Waals surface area (Å²) in [5, 5.41) is 19.4. The number of hydrogen-bond donors (Lipinski definition) is 2. The fourth-order valence-corrected chi connectivity index (χ4v) is 1.72. The van der Waals surface area contributed by atoms with E-state index in [0.29, 0.717) is 5.56 Å². The fourth-order valence-electron chi connectivity index (χ4n) is 1.72. The zero-order chi connectivity index (χ0) is 11.3. The van der Waals surface area contributed by atoms with Crippen LogP contribution in [-0.4, -0.2) is 10.2 Å². The largest absolute Gasteiger partial charge is 0.508 e. The first kappa shape index (κ1) is 11.9. The molecule has 0 amide bonds. The minimum Gasteiger partial charge on any atom is -0.508 e. The molecule has 0 bridgehead atoms. The Balaban J connectivity index is 2.63. The lowest BCUT2D eigenvalue weighted by Crippen LogP contribution is -1.90. The number of unbranched alkanes of at least 4 members (excludes halogenated alkanes) is 3. The maximum Gasteiger partial charge on any atom is 0.125 e. The van der Waals surface area contributed by atoms with Crippen molar-refractivity contribution in [1.29, 1.82) is 0 Å². The van der Waals surface area contributed by atoms with Crippen molar-refractivity contribution < 1.29 is 10.2 Å². The predicted octanol–water partition coefficient (Wildman–Crippen LogP) is 3.53. The molecule has 0 radical (unpaired) electrons. The fraction of sp³-hybridized carbons (Fsp3) is 0.538. The van der Waals surface area contributed by atoms with Crippen LogP contribution in [0.2, 0.25) is 0 Å². The Hall–Kier alpha value is -1.18. The monoisotopic (exact) mass is 208 g/mol. The maximum atomic E-state index is 9.77. The minimum atomic E-state index is 0.217. The molecule has 0 saturated heterocycles. The third-order valence-corrected chi connectivity index (χ3v) is 2.74. The molecule has 0 aliphatic heterocycles. The van der Waals surface area contributed by atoms with Crippen molar-refractivity contribution in [3.8, 4) is 11.5 Å². The number of phenols is 2. The van der Waals surface area contributed by atoms with Gasteiger partial charge < -0.3 is 10.2 Å². The van der Waals surface area contributed by atoms with E-state index in [1.807, 2.05) is 6.92 Å². The molecule has 0 saturated carbocycles. The van der Waals surface area contributed by atoms with E-state index in [1.165, 1.54) is 12.8 Å². The summed E-state index contributed by atoms with van der Waals surface area (Å²) in [6, 6.07) is 3.39. The summed E-state index contributed by atoms with van der Waals surface area (Å²) in [6.07, 6.45) is 5.36. The van der Waals surface area contributed by atoms with Crippen molar-refractivity contribution >= 4 is 0 Å². The molecule has 0 unspecified atom stereocenters. The average Bonchev–Trinajstić information content (AvgIpc) is 2.23. The molecule has 1 aromatic carbocycles. The van der Waals surface area contributed by atoms with Gasteiger partial charge in [0.15, 0.2) is 0 Å². The van der Waals surface area contributed by atoms with Gasteiger partial charge in [0.05, 0.1) is 0 Å². The second-order valence-corrected chi connectivity index (χ2v) is 4.04. The van der Waals surface area contributed by atoms with Gasteiger partial charge in [0, 0.05) is 5.56 Å². The molecule has 0 heterocycles. The van der Waals surface area contributed by atoms with Crippen LogP contribution in [0.5, 0.6) is 11.5 Å². The van der Waals surface area contributed by atoms with Crippen molar-refractivity contribution in [3.63, 3.8) is 0 Å². The van der Waals surface area contributed by atoms with Gasteiger partial charge in [-0.05, 0) is 31.4 Å². The SMILES string of the molecule is CCCCCCc1c(O)ccc(C)c1O. The highest BCUT2D eigenvalue weighted by Crippen LogP contribution is 2.31. The molecule has 0 aliphatic rings. The van der Waals surface area contributed by atoms with Gasteiger partial charge in [0.25, 0.3) is 0 Å². The van der Waals surface area contributed by atoms with Gasteiger partial charge in [-0.1, -0.05) is 32.3 Å². The van der Waals surface area contributed by atoms with E-state index >= 15 is 0 Å².